The maximum atomic E-state index is 12.3. The van der Waals surface area contributed by atoms with Gasteiger partial charge in [0, 0.05) is 18.3 Å². The number of hydrogen-bond donors (Lipinski definition) is 3. The van der Waals surface area contributed by atoms with E-state index in [-0.39, 0.29) is 30.0 Å². The molecule has 2 aromatic carbocycles. The lowest BCUT2D eigenvalue weighted by atomic mass is 9.74. The third-order valence-electron chi connectivity index (χ3n) is 5.13. The maximum Gasteiger partial charge on any atom is 0.221 e. The molecule has 4 atom stereocenters. The number of benzene rings is 2. The molecule has 0 aliphatic carbocycles. The zero-order valence-corrected chi connectivity index (χ0v) is 14.2. The molecule has 5 nitrogen and oxygen atoms in total. The number of carbonyl (C=O) groups excluding carboxylic acids is 1. The van der Waals surface area contributed by atoms with Crippen LogP contribution in [0.3, 0.4) is 0 Å². The van der Waals surface area contributed by atoms with Crippen LogP contribution in [0.15, 0.2) is 54.6 Å². The molecule has 2 fully saturated rings. The second-order valence-corrected chi connectivity index (χ2v) is 6.58. The number of ether oxygens (including phenoxy) is 1. The highest BCUT2D eigenvalue weighted by atomic mass is 16.5. The SMILES string of the molecule is CCOc1ccccc1C1CC(=O)NC2NNC(c3ccccc3)C21. The van der Waals surface area contributed by atoms with E-state index < -0.39 is 0 Å². The van der Waals surface area contributed by atoms with E-state index in [0.29, 0.717) is 13.0 Å². The molecule has 1 amide bonds. The lowest BCUT2D eigenvalue weighted by Gasteiger charge is -2.36. The van der Waals surface area contributed by atoms with Crippen molar-refractivity contribution in [1.29, 1.82) is 0 Å². The molecule has 0 spiro atoms. The predicted octanol–water partition coefficient (Wildman–Crippen LogP) is 2.48. The highest BCUT2D eigenvalue weighted by Gasteiger charge is 2.47. The van der Waals surface area contributed by atoms with Crippen LogP contribution in [-0.4, -0.2) is 18.7 Å². The van der Waals surface area contributed by atoms with Crippen LogP contribution in [0.4, 0.5) is 0 Å². The summed E-state index contributed by atoms with van der Waals surface area (Å²) >= 11 is 0. The summed E-state index contributed by atoms with van der Waals surface area (Å²) in [5, 5.41) is 3.08. The normalized spacial score (nSPS) is 28.3. The molecule has 4 rings (SSSR count). The van der Waals surface area contributed by atoms with E-state index in [4.69, 9.17) is 4.74 Å². The average Bonchev–Trinajstić information content (AvgIpc) is 3.06. The minimum Gasteiger partial charge on any atom is -0.494 e. The maximum absolute atomic E-state index is 12.3. The molecule has 130 valence electrons. The van der Waals surface area contributed by atoms with Crippen LogP contribution in [0.5, 0.6) is 5.75 Å². The van der Waals surface area contributed by atoms with Crippen molar-refractivity contribution < 1.29 is 9.53 Å². The van der Waals surface area contributed by atoms with Crippen molar-refractivity contribution in [3.8, 4) is 5.75 Å². The third kappa shape index (κ3) is 3.01. The van der Waals surface area contributed by atoms with Gasteiger partial charge in [0.15, 0.2) is 0 Å². The number of fused-ring (bicyclic) bond motifs is 1. The monoisotopic (exact) mass is 337 g/mol. The first-order valence-electron chi connectivity index (χ1n) is 8.85. The zero-order valence-electron chi connectivity index (χ0n) is 14.2. The molecule has 0 aromatic heterocycles. The van der Waals surface area contributed by atoms with Crippen LogP contribution in [-0.2, 0) is 4.79 Å². The first kappa shape index (κ1) is 16.1. The van der Waals surface area contributed by atoms with Crippen molar-refractivity contribution in [2.75, 3.05) is 6.61 Å². The lowest BCUT2D eigenvalue weighted by molar-refractivity contribution is -0.125. The molecule has 25 heavy (non-hydrogen) atoms. The minimum atomic E-state index is -0.0915. The summed E-state index contributed by atoms with van der Waals surface area (Å²) in [6.45, 7) is 2.60. The number of nitrogens with one attached hydrogen (secondary N) is 3. The number of hydrogen-bond acceptors (Lipinski definition) is 4. The zero-order chi connectivity index (χ0) is 17.2. The summed E-state index contributed by atoms with van der Waals surface area (Å²) in [7, 11) is 0. The van der Waals surface area contributed by atoms with Gasteiger partial charge in [-0.25, -0.2) is 10.9 Å². The Kier molecular flexibility index (Phi) is 4.42. The first-order chi connectivity index (χ1) is 12.3. The quantitative estimate of drug-likeness (QED) is 0.802. The second kappa shape index (κ2) is 6.86. The van der Waals surface area contributed by atoms with E-state index in [1.54, 1.807) is 0 Å². The number of amides is 1. The largest absolute Gasteiger partial charge is 0.494 e. The second-order valence-electron chi connectivity index (χ2n) is 6.58. The van der Waals surface area contributed by atoms with E-state index in [9.17, 15) is 4.79 Å². The summed E-state index contributed by atoms with van der Waals surface area (Å²) in [4.78, 5) is 12.3. The lowest BCUT2D eigenvalue weighted by Crippen LogP contribution is -2.52. The van der Waals surface area contributed by atoms with Gasteiger partial charge in [0.1, 0.15) is 5.75 Å². The van der Waals surface area contributed by atoms with E-state index >= 15 is 0 Å². The number of hydrazine groups is 1. The fraction of sp³-hybridized carbons (Fsp3) is 0.350. The Hall–Kier alpha value is -2.37. The summed E-state index contributed by atoms with van der Waals surface area (Å²) in [5.41, 5.74) is 8.98. The molecule has 0 bridgehead atoms. The Bertz CT molecular complexity index is 750. The van der Waals surface area contributed by atoms with Crippen LogP contribution in [0.25, 0.3) is 0 Å². The van der Waals surface area contributed by atoms with Crippen LogP contribution < -0.4 is 20.9 Å². The molecular formula is C20H23N3O2. The summed E-state index contributed by atoms with van der Waals surface area (Å²) in [6.07, 6.45) is 0.379. The summed E-state index contributed by atoms with van der Waals surface area (Å²) in [6, 6.07) is 18.6. The van der Waals surface area contributed by atoms with Crippen molar-refractivity contribution in [1.82, 2.24) is 16.2 Å². The molecule has 5 heteroatoms. The Morgan fingerprint density at radius 2 is 1.80 bits per heavy atom. The van der Waals surface area contributed by atoms with Gasteiger partial charge < -0.3 is 10.1 Å². The highest BCUT2D eigenvalue weighted by molar-refractivity contribution is 5.78. The van der Waals surface area contributed by atoms with Gasteiger partial charge in [-0.3, -0.25) is 4.79 Å². The Labute approximate surface area is 147 Å². The van der Waals surface area contributed by atoms with Crippen LogP contribution in [0, 0.1) is 5.92 Å². The number of para-hydroxylation sites is 1. The van der Waals surface area contributed by atoms with Crippen LogP contribution in [0.2, 0.25) is 0 Å². The van der Waals surface area contributed by atoms with Gasteiger partial charge in [-0.05, 0) is 24.1 Å². The molecule has 2 heterocycles. The molecule has 2 aromatic rings. The molecule has 2 aliphatic rings. The standard InChI is InChI=1S/C20H23N3O2/c1-2-25-16-11-7-6-10-14(16)15-12-17(24)21-20-18(15)19(22-23-20)13-8-4-3-5-9-13/h3-11,15,18-20,22-23H,2,12H2,1H3,(H,21,24). The topological polar surface area (TPSA) is 62.4 Å². The van der Waals surface area contributed by atoms with Gasteiger partial charge in [-0.1, -0.05) is 48.5 Å². The van der Waals surface area contributed by atoms with Crippen molar-refractivity contribution in [2.45, 2.75) is 31.5 Å². The first-order valence-corrected chi connectivity index (χ1v) is 8.85. The molecule has 4 unspecified atom stereocenters. The van der Waals surface area contributed by atoms with Crippen molar-refractivity contribution >= 4 is 5.91 Å². The molecule has 0 saturated carbocycles. The smallest absolute Gasteiger partial charge is 0.221 e. The van der Waals surface area contributed by atoms with Gasteiger partial charge in [-0.2, -0.15) is 0 Å². The van der Waals surface area contributed by atoms with Crippen molar-refractivity contribution in [3.05, 3.63) is 65.7 Å². The van der Waals surface area contributed by atoms with Gasteiger partial charge in [-0.15, -0.1) is 0 Å². The Morgan fingerprint density at radius 3 is 2.60 bits per heavy atom. The van der Waals surface area contributed by atoms with Crippen LogP contribution >= 0.6 is 0 Å². The van der Waals surface area contributed by atoms with Crippen molar-refractivity contribution in [3.63, 3.8) is 0 Å². The molecule has 2 aliphatic heterocycles. The van der Waals surface area contributed by atoms with E-state index in [1.807, 2.05) is 31.2 Å². The fourth-order valence-electron chi connectivity index (χ4n) is 4.09. The highest BCUT2D eigenvalue weighted by Crippen LogP contribution is 2.45. The average molecular weight is 337 g/mol. The number of piperidine rings is 1. The number of rotatable bonds is 4. The van der Waals surface area contributed by atoms with Gasteiger partial charge in [0.25, 0.3) is 0 Å². The summed E-state index contributed by atoms with van der Waals surface area (Å²) in [5.74, 6) is 1.25. The van der Waals surface area contributed by atoms with Crippen LogP contribution in [0.1, 0.15) is 36.4 Å². The van der Waals surface area contributed by atoms with E-state index in [1.165, 1.54) is 5.56 Å². The van der Waals surface area contributed by atoms with Gasteiger partial charge in [0.05, 0.1) is 18.8 Å². The predicted molar refractivity (Wildman–Crippen MR) is 95.8 cm³/mol. The van der Waals surface area contributed by atoms with E-state index in [0.717, 1.165) is 11.3 Å². The van der Waals surface area contributed by atoms with Gasteiger partial charge >= 0.3 is 0 Å². The molecular weight excluding hydrogens is 314 g/mol. The summed E-state index contributed by atoms with van der Waals surface area (Å²) < 4.78 is 5.84. The van der Waals surface area contributed by atoms with Gasteiger partial charge in [0.2, 0.25) is 5.91 Å². The third-order valence-corrected chi connectivity index (χ3v) is 5.13. The van der Waals surface area contributed by atoms with Crippen molar-refractivity contribution in [2.24, 2.45) is 5.92 Å². The molecule has 3 N–H and O–H groups in total. The molecule has 0 radical (unpaired) electrons. The fourth-order valence-corrected chi connectivity index (χ4v) is 4.09. The Morgan fingerprint density at radius 1 is 1.04 bits per heavy atom. The minimum absolute atomic E-state index is 0.0700. The number of carbonyl (C=O) groups is 1. The molecule has 2 saturated heterocycles. The Balaban J connectivity index is 1.73. The van der Waals surface area contributed by atoms with E-state index in [2.05, 4.69) is 46.5 Å².